The molecular weight excluding hydrogens is 418 g/mol. The maximum atomic E-state index is 13.3. The molecule has 2 heterocycles. The standard InChI is InChI=1S/C25H29N5O3/c1-18-17-22(24(33-3)26-19(18)2)30(20-9-5-4-6-10-20)27-25(32)29-15-13-28(14-16-29)21-11-7-8-12-23(21)31/h4-12,17,31H,13-16H2,1-3H3,(H,27,32). The van der Waals surface area contributed by atoms with Crippen LogP contribution in [0.1, 0.15) is 11.3 Å². The van der Waals surface area contributed by atoms with Crippen LogP contribution < -0.4 is 20.1 Å². The number of nitrogens with zero attached hydrogens (tertiary/aromatic N) is 4. The van der Waals surface area contributed by atoms with Gasteiger partial charge in [-0.15, -0.1) is 0 Å². The van der Waals surface area contributed by atoms with Gasteiger partial charge in [-0.1, -0.05) is 30.3 Å². The number of hydrogen-bond acceptors (Lipinski definition) is 6. The van der Waals surface area contributed by atoms with Gasteiger partial charge in [0.2, 0.25) is 5.88 Å². The number of phenolic OH excluding ortho intramolecular Hbond substituents is 1. The van der Waals surface area contributed by atoms with Crippen LogP contribution in [0.25, 0.3) is 0 Å². The Morgan fingerprint density at radius 1 is 1.03 bits per heavy atom. The second-order valence-corrected chi connectivity index (χ2v) is 7.97. The van der Waals surface area contributed by atoms with E-state index in [2.05, 4.69) is 15.3 Å². The molecule has 0 bridgehead atoms. The molecule has 2 amide bonds. The Morgan fingerprint density at radius 2 is 1.70 bits per heavy atom. The summed E-state index contributed by atoms with van der Waals surface area (Å²) in [6.07, 6.45) is 0. The Morgan fingerprint density at radius 3 is 2.36 bits per heavy atom. The van der Waals surface area contributed by atoms with Gasteiger partial charge in [-0.3, -0.25) is 0 Å². The van der Waals surface area contributed by atoms with Crippen LogP contribution in [0.4, 0.5) is 21.9 Å². The zero-order valence-electron chi connectivity index (χ0n) is 19.2. The van der Waals surface area contributed by atoms with Crippen LogP contribution in [0, 0.1) is 13.8 Å². The van der Waals surface area contributed by atoms with Gasteiger partial charge in [0.15, 0.2) is 0 Å². The van der Waals surface area contributed by atoms with Crippen LogP contribution in [-0.2, 0) is 0 Å². The number of pyridine rings is 1. The van der Waals surface area contributed by atoms with Crippen molar-refractivity contribution in [3.8, 4) is 11.6 Å². The molecule has 172 valence electrons. The summed E-state index contributed by atoms with van der Waals surface area (Å²) in [5.41, 5.74) is 7.15. The molecule has 0 atom stereocenters. The van der Waals surface area contributed by atoms with Crippen molar-refractivity contribution >= 4 is 23.1 Å². The van der Waals surface area contributed by atoms with Crippen molar-refractivity contribution in [3.63, 3.8) is 0 Å². The lowest BCUT2D eigenvalue weighted by atomic mass is 10.2. The number of aromatic nitrogens is 1. The van der Waals surface area contributed by atoms with Gasteiger partial charge in [-0.25, -0.2) is 20.2 Å². The molecule has 4 rings (SSSR count). The van der Waals surface area contributed by atoms with Crippen LogP contribution >= 0.6 is 0 Å². The molecule has 8 nitrogen and oxygen atoms in total. The third kappa shape index (κ3) is 4.79. The molecule has 8 heteroatoms. The second kappa shape index (κ2) is 9.68. The SMILES string of the molecule is COc1nc(C)c(C)cc1N(NC(=O)N1CCN(c2ccccc2O)CC1)c1ccccc1. The van der Waals surface area contributed by atoms with Crippen molar-refractivity contribution < 1.29 is 14.6 Å². The first-order valence-electron chi connectivity index (χ1n) is 10.9. The highest BCUT2D eigenvalue weighted by atomic mass is 16.5. The van der Waals surface area contributed by atoms with Crippen LogP contribution in [-0.4, -0.2) is 54.3 Å². The molecule has 2 aromatic carbocycles. The number of anilines is 3. The van der Waals surface area contributed by atoms with Gasteiger partial charge >= 0.3 is 6.03 Å². The Hall–Kier alpha value is -3.94. The van der Waals surface area contributed by atoms with Gasteiger partial charge in [0.1, 0.15) is 11.4 Å². The minimum absolute atomic E-state index is 0.212. The van der Waals surface area contributed by atoms with E-state index in [9.17, 15) is 9.90 Å². The van der Waals surface area contributed by atoms with Crippen molar-refractivity contribution in [1.82, 2.24) is 15.3 Å². The van der Waals surface area contributed by atoms with Gasteiger partial charge < -0.3 is 19.6 Å². The van der Waals surface area contributed by atoms with E-state index in [1.165, 1.54) is 0 Å². The fourth-order valence-electron chi connectivity index (χ4n) is 3.87. The zero-order valence-corrected chi connectivity index (χ0v) is 19.2. The van der Waals surface area contributed by atoms with E-state index in [1.54, 1.807) is 29.2 Å². The van der Waals surface area contributed by atoms with E-state index < -0.39 is 0 Å². The largest absolute Gasteiger partial charge is 0.506 e. The number of nitrogens with one attached hydrogen (secondary N) is 1. The summed E-state index contributed by atoms with van der Waals surface area (Å²) < 4.78 is 5.54. The maximum Gasteiger partial charge on any atom is 0.336 e. The van der Waals surface area contributed by atoms with E-state index in [0.717, 1.165) is 22.6 Å². The molecule has 0 saturated carbocycles. The average Bonchev–Trinajstić information content (AvgIpc) is 2.85. The number of para-hydroxylation sites is 3. The van der Waals surface area contributed by atoms with Gasteiger partial charge in [-0.2, -0.15) is 0 Å². The molecule has 0 spiro atoms. The highest BCUT2D eigenvalue weighted by molar-refractivity contribution is 5.81. The first-order valence-corrected chi connectivity index (χ1v) is 10.9. The highest BCUT2D eigenvalue weighted by Gasteiger charge is 2.26. The fourth-order valence-corrected chi connectivity index (χ4v) is 3.87. The number of hydrogen-bond donors (Lipinski definition) is 2. The molecule has 0 aliphatic carbocycles. The number of hydrazine groups is 1. The minimum atomic E-state index is -0.212. The molecular formula is C25H29N5O3. The lowest BCUT2D eigenvalue weighted by Gasteiger charge is -2.37. The van der Waals surface area contributed by atoms with Crippen LogP contribution in [0.3, 0.4) is 0 Å². The quantitative estimate of drug-likeness (QED) is 0.576. The third-order valence-corrected chi connectivity index (χ3v) is 5.86. The molecule has 1 aromatic heterocycles. The van der Waals surface area contributed by atoms with Crippen molar-refractivity contribution in [3.05, 3.63) is 71.9 Å². The Balaban J connectivity index is 1.54. The number of urea groups is 1. The van der Waals surface area contributed by atoms with Crippen molar-refractivity contribution in [2.24, 2.45) is 0 Å². The number of phenols is 1. The van der Waals surface area contributed by atoms with Crippen molar-refractivity contribution in [2.45, 2.75) is 13.8 Å². The number of ether oxygens (including phenoxy) is 1. The number of rotatable bonds is 5. The van der Waals surface area contributed by atoms with Crippen molar-refractivity contribution in [2.75, 3.05) is 43.2 Å². The van der Waals surface area contributed by atoms with E-state index in [-0.39, 0.29) is 11.8 Å². The fraction of sp³-hybridized carbons (Fsp3) is 0.280. The predicted molar refractivity (Wildman–Crippen MR) is 129 cm³/mol. The average molecular weight is 448 g/mol. The topological polar surface area (TPSA) is 81.2 Å². The molecule has 1 aliphatic heterocycles. The zero-order chi connectivity index (χ0) is 23.4. The summed E-state index contributed by atoms with van der Waals surface area (Å²) in [6.45, 7) is 6.23. The Kier molecular flexibility index (Phi) is 6.53. The second-order valence-electron chi connectivity index (χ2n) is 7.97. The van der Waals surface area contributed by atoms with Crippen molar-refractivity contribution in [1.29, 1.82) is 0 Å². The summed E-state index contributed by atoms with van der Waals surface area (Å²) in [4.78, 5) is 21.7. The number of benzene rings is 2. The summed E-state index contributed by atoms with van der Waals surface area (Å²) in [5, 5.41) is 11.9. The summed E-state index contributed by atoms with van der Waals surface area (Å²) >= 11 is 0. The van der Waals surface area contributed by atoms with E-state index in [0.29, 0.717) is 37.7 Å². The number of amides is 2. The predicted octanol–water partition coefficient (Wildman–Crippen LogP) is 4.00. The number of methoxy groups -OCH3 is 1. The van der Waals surface area contributed by atoms with E-state index >= 15 is 0 Å². The summed E-state index contributed by atoms with van der Waals surface area (Å²) in [6, 6.07) is 18.6. The van der Waals surface area contributed by atoms with Crippen LogP contribution in [0.2, 0.25) is 0 Å². The molecule has 1 aliphatic rings. The van der Waals surface area contributed by atoms with Crippen LogP contribution in [0.5, 0.6) is 11.6 Å². The lowest BCUT2D eigenvalue weighted by molar-refractivity contribution is 0.194. The molecule has 0 unspecified atom stereocenters. The Bertz CT molecular complexity index is 1110. The first-order chi connectivity index (χ1) is 16.0. The van der Waals surface area contributed by atoms with Gasteiger partial charge in [0.25, 0.3) is 0 Å². The Labute approximate surface area is 194 Å². The maximum absolute atomic E-state index is 13.3. The first kappa shape index (κ1) is 22.3. The number of piperazine rings is 1. The third-order valence-electron chi connectivity index (χ3n) is 5.86. The number of carbonyl (C=O) groups excluding carboxylic acids is 1. The van der Waals surface area contributed by atoms with E-state index in [4.69, 9.17) is 4.74 Å². The lowest BCUT2D eigenvalue weighted by Crippen LogP contribution is -2.54. The minimum Gasteiger partial charge on any atom is -0.506 e. The molecule has 1 fully saturated rings. The normalized spacial score (nSPS) is 13.5. The smallest absolute Gasteiger partial charge is 0.336 e. The van der Waals surface area contributed by atoms with Crippen LogP contribution in [0.15, 0.2) is 60.7 Å². The van der Waals surface area contributed by atoms with Gasteiger partial charge in [0.05, 0.1) is 18.5 Å². The number of carbonyl (C=O) groups is 1. The van der Waals surface area contributed by atoms with E-state index in [1.807, 2.05) is 62.4 Å². The molecule has 1 saturated heterocycles. The molecule has 2 N–H and O–H groups in total. The summed E-state index contributed by atoms with van der Waals surface area (Å²) in [7, 11) is 1.57. The molecule has 0 radical (unpaired) electrons. The summed E-state index contributed by atoms with van der Waals surface area (Å²) in [5.74, 6) is 0.687. The molecule has 3 aromatic rings. The number of aromatic hydroxyl groups is 1. The molecule has 33 heavy (non-hydrogen) atoms. The highest BCUT2D eigenvalue weighted by Crippen LogP contribution is 2.33. The van der Waals surface area contributed by atoms with Gasteiger partial charge in [0, 0.05) is 31.9 Å². The number of aryl methyl sites for hydroxylation is 2. The monoisotopic (exact) mass is 447 g/mol. The van der Waals surface area contributed by atoms with Gasteiger partial charge in [-0.05, 0) is 49.7 Å².